The summed E-state index contributed by atoms with van der Waals surface area (Å²) in [4.78, 5) is 10.2. The van der Waals surface area contributed by atoms with E-state index in [1.807, 2.05) is 0 Å². The van der Waals surface area contributed by atoms with Crippen LogP contribution in [0.4, 0.5) is 11.4 Å². The Morgan fingerprint density at radius 2 is 2.27 bits per heavy atom. The molecule has 0 aliphatic rings. The van der Waals surface area contributed by atoms with Gasteiger partial charge in [-0.05, 0) is 12.1 Å². The zero-order chi connectivity index (χ0) is 11.3. The van der Waals surface area contributed by atoms with E-state index in [4.69, 9.17) is 5.73 Å². The number of nitro benzene ring substituents is 1. The number of rotatable bonds is 2. The van der Waals surface area contributed by atoms with E-state index >= 15 is 0 Å². The Labute approximate surface area is 95.8 Å². The normalized spacial score (nSPS) is 9.13. The molecule has 1 rings (SSSR count). The third-order valence-corrected chi connectivity index (χ3v) is 2.06. The number of nitrogens with zero attached hydrogens (tertiary/aromatic N) is 1. The topological polar surface area (TPSA) is 69.2 Å². The summed E-state index contributed by atoms with van der Waals surface area (Å²) < 4.78 is 0. The van der Waals surface area contributed by atoms with E-state index in [-0.39, 0.29) is 5.69 Å². The number of nitrogen functional groups attached to an aromatic ring is 1. The van der Waals surface area contributed by atoms with Gasteiger partial charge in [0.1, 0.15) is 5.56 Å². The van der Waals surface area contributed by atoms with Gasteiger partial charge in [-0.25, -0.2) is 0 Å². The molecule has 0 heterocycles. The van der Waals surface area contributed by atoms with Gasteiger partial charge in [0.05, 0.1) is 4.92 Å². The highest BCUT2D eigenvalue weighted by molar-refractivity contribution is 9.09. The summed E-state index contributed by atoms with van der Waals surface area (Å²) in [6.45, 7) is 0. The van der Waals surface area contributed by atoms with Crippen LogP contribution in [0.2, 0.25) is 0 Å². The number of nitrogens with two attached hydrogens (primary N) is 1. The van der Waals surface area contributed by atoms with Crippen molar-refractivity contribution in [3.8, 4) is 11.8 Å². The van der Waals surface area contributed by atoms with Crippen LogP contribution in [0.15, 0.2) is 18.2 Å². The summed E-state index contributed by atoms with van der Waals surface area (Å²) >= 11 is 3.23. The molecule has 2 N–H and O–H groups in total. The molecule has 0 radical (unpaired) electrons. The van der Waals surface area contributed by atoms with Gasteiger partial charge in [-0.3, -0.25) is 10.1 Å². The third-order valence-electron chi connectivity index (χ3n) is 1.66. The molecule has 5 heteroatoms. The van der Waals surface area contributed by atoms with E-state index < -0.39 is 4.92 Å². The van der Waals surface area contributed by atoms with E-state index in [2.05, 4.69) is 27.8 Å². The summed E-state index contributed by atoms with van der Waals surface area (Å²) in [7, 11) is 0. The number of benzene rings is 1. The van der Waals surface area contributed by atoms with Crippen LogP contribution in [0.1, 0.15) is 12.0 Å². The van der Waals surface area contributed by atoms with E-state index in [0.29, 0.717) is 17.7 Å². The highest BCUT2D eigenvalue weighted by Crippen LogP contribution is 2.20. The van der Waals surface area contributed by atoms with Crippen LogP contribution in [0.5, 0.6) is 0 Å². The molecule has 0 bridgehead atoms. The van der Waals surface area contributed by atoms with E-state index in [9.17, 15) is 10.1 Å². The molecular weight excluding hydrogens is 260 g/mol. The zero-order valence-electron chi connectivity index (χ0n) is 7.87. The largest absolute Gasteiger partial charge is 0.399 e. The predicted octanol–water partition coefficient (Wildman–Crippen LogP) is 2.31. The highest BCUT2D eigenvalue weighted by atomic mass is 79.9. The molecular formula is C10H9BrN2O2. The van der Waals surface area contributed by atoms with Crippen LogP contribution in [-0.2, 0) is 0 Å². The first kappa shape index (κ1) is 11.5. The number of nitro groups is 1. The first-order chi connectivity index (χ1) is 7.15. The maximum atomic E-state index is 10.7. The maximum Gasteiger partial charge on any atom is 0.286 e. The smallest absolute Gasteiger partial charge is 0.286 e. The van der Waals surface area contributed by atoms with Crippen LogP contribution in [0.25, 0.3) is 0 Å². The van der Waals surface area contributed by atoms with Crippen molar-refractivity contribution < 1.29 is 4.92 Å². The number of anilines is 1. The SMILES string of the molecule is Nc1ccc(C#CCCBr)c([N+](=O)[O-])c1. The van der Waals surface area contributed by atoms with Crippen molar-refractivity contribution in [1.82, 2.24) is 0 Å². The number of halogens is 1. The molecule has 0 saturated carbocycles. The lowest BCUT2D eigenvalue weighted by Gasteiger charge is -1.96. The zero-order valence-corrected chi connectivity index (χ0v) is 9.45. The molecule has 1 aromatic carbocycles. The standard InChI is InChI=1S/C10H9BrN2O2/c11-6-2-1-3-8-4-5-9(12)7-10(8)13(14)15/h4-5,7H,2,6,12H2. The monoisotopic (exact) mass is 268 g/mol. The first-order valence-electron chi connectivity index (χ1n) is 4.24. The molecule has 1 aromatic rings. The van der Waals surface area contributed by atoms with Crippen molar-refractivity contribution in [3.05, 3.63) is 33.9 Å². The van der Waals surface area contributed by atoms with E-state index in [1.165, 1.54) is 6.07 Å². The van der Waals surface area contributed by atoms with E-state index in [1.54, 1.807) is 12.1 Å². The van der Waals surface area contributed by atoms with Gasteiger partial charge in [0.15, 0.2) is 0 Å². The molecule has 0 amide bonds. The number of alkyl halides is 1. The summed E-state index contributed by atoms with van der Waals surface area (Å²) in [6.07, 6.45) is 0.654. The van der Waals surface area contributed by atoms with Crippen LogP contribution in [0, 0.1) is 22.0 Å². The van der Waals surface area contributed by atoms with Gasteiger partial charge in [0, 0.05) is 23.5 Å². The second-order valence-electron chi connectivity index (χ2n) is 2.77. The molecule has 0 aromatic heterocycles. The second-order valence-corrected chi connectivity index (χ2v) is 3.57. The van der Waals surface area contributed by atoms with Crippen molar-refractivity contribution in [1.29, 1.82) is 0 Å². The predicted molar refractivity (Wildman–Crippen MR) is 62.8 cm³/mol. The Bertz CT molecular complexity index is 435. The Balaban J connectivity index is 3.08. The molecule has 0 fully saturated rings. The Morgan fingerprint density at radius 1 is 1.53 bits per heavy atom. The van der Waals surface area contributed by atoms with Gasteiger partial charge >= 0.3 is 0 Å². The lowest BCUT2D eigenvalue weighted by Crippen LogP contribution is -1.94. The molecule has 0 atom stereocenters. The first-order valence-corrected chi connectivity index (χ1v) is 5.36. The summed E-state index contributed by atoms with van der Waals surface area (Å²) in [5, 5.41) is 11.4. The molecule has 0 unspecified atom stereocenters. The van der Waals surface area contributed by atoms with Crippen molar-refractivity contribution in [2.75, 3.05) is 11.1 Å². The van der Waals surface area contributed by atoms with E-state index in [0.717, 1.165) is 5.33 Å². The Hall–Kier alpha value is -1.54. The average Bonchev–Trinajstić information content (AvgIpc) is 2.20. The summed E-state index contributed by atoms with van der Waals surface area (Å²) in [5.74, 6) is 5.57. The molecule has 15 heavy (non-hydrogen) atoms. The van der Waals surface area contributed by atoms with Crippen LogP contribution in [0.3, 0.4) is 0 Å². The van der Waals surface area contributed by atoms with Crippen molar-refractivity contribution in [3.63, 3.8) is 0 Å². The molecule has 0 aliphatic carbocycles. The molecule has 0 spiro atoms. The van der Waals surface area contributed by atoms with Gasteiger partial charge in [-0.2, -0.15) is 0 Å². The molecule has 0 aliphatic heterocycles. The van der Waals surface area contributed by atoms with Crippen molar-refractivity contribution >= 4 is 27.3 Å². The summed E-state index contributed by atoms with van der Waals surface area (Å²) in [6, 6.07) is 4.48. The molecule has 78 valence electrons. The minimum atomic E-state index is -0.478. The highest BCUT2D eigenvalue weighted by Gasteiger charge is 2.11. The lowest BCUT2D eigenvalue weighted by atomic mass is 10.1. The van der Waals surface area contributed by atoms with Gasteiger partial charge in [-0.1, -0.05) is 27.8 Å². The van der Waals surface area contributed by atoms with Crippen molar-refractivity contribution in [2.45, 2.75) is 6.42 Å². The van der Waals surface area contributed by atoms with Gasteiger partial charge in [0.25, 0.3) is 5.69 Å². The third kappa shape index (κ3) is 3.26. The van der Waals surface area contributed by atoms with Gasteiger partial charge in [0.2, 0.25) is 0 Å². The second kappa shape index (κ2) is 5.37. The van der Waals surface area contributed by atoms with Crippen molar-refractivity contribution in [2.24, 2.45) is 0 Å². The van der Waals surface area contributed by atoms with Gasteiger partial charge < -0.3 is 5.73 Å². The fourth-order valence-corrected chi connectivity index (χ4v) is 1.21. The molecule has 0 saturated heterocycles. The number of hydrogen-bond acceptors (Lipinski definition) is 3. The fourth-order valence-electron chi connectivity index (χ4n) is 1.01. The van der Waals surface area contributed by atoms with Crippen LogP contribution < -0.4 is 5.73 Å². The molecule has 4 nitrogen and oxygen atoms in total. The lowest BCUT2D eigenvalue weighted by molar-refractivity contribution is -0.385. The fraction of sp³-hybridized carbons (Fsp3) is 0.200. The summed E-state index contributed by atoms with van der Waals surface area (Å²) in [5.41, 5.74) is 6.18. The number of hydrogen-bond donors (Lipinski definition) is 1. The minimum Gasteiger partial charge on any atom is -0.399 e. The van der Waals surface area contributed by atoms with Gasteiger partial charge in [-0.15, -0.1) is 0 Å². The quantitative estimate of drug-likeness (QED) is 0.294. The average molecular weight is 269 g/mol. The Morgan fingerprint density at radius 3 is 2.87 bits per heavy atom. The van der Waals surface area contributed by atoms with Crippen LogP contribution >= 0.6 is 15.9 Å². The Kier molecular flexibility index (Phi) is 4.13. The van der Waals surface area contributed by atoms with Crippen LogP contribution in [-0.4, -0.2) is 10.3 Å². The maximum absolute atomic E-state index is 10.7. The minimum absolute atomic E-state index is 0.0444.